The minimum Gasteiger partial charge on any atom is -0.462 e. The predicted octanol–water partition coefficient (Wildman–Crippen LogP) is 2.85. The second-order valence-corrected chi connectivity index (χ2v) is 8.24. The van der Waals surface area contributed by atoms with Crippen LogP contribution >= 0.6 is 11.3 Å². The maximum Gasteiger partial charge on any atom is 0.341 e. The van der Waals surface area contributed by atoms with E-state index in [-0.39, 0.29) is 24.1 Å². The van der Waals surface area contributed by atoms with Gasteiger partial charge in [-0.3, -0.25) is 9.69 Å². The van der Waals surface area contributed by atoms with Crippen LogP contribution in [-0.2, 0) is 27.1 Å². The zero-order valence-corrected chi connectivity index (χ0v) is 16.6. The average molecular weight is 381 g/mol. The number of aryl methyl sites for hydroxylation is 1. The molecule has 0 aromatic carbocycles. The summed E-state index contributed by atoms with van der Waals surface area (Å²) < 4.78 is 11.0. The van der Waals surface area contributed by atoms with E-state index in [9.17, 15) is 9.59 Å². The Labute approximate surface area is 158 Å². The van der Waals surface area contributed by atoms with E-state index in [0.717, 1.165) is 44.3 Å². The van der Waals surface area contributed by atoms with Crippen molar-refractivity contribution in [3.63, 3.8) is 0 Å². The molecular formula is C19H28N2O4S. The molecule has 0 spiro atoms. The lowest BCUT2D eigenvalue weighted by Crippen LogP contribution is -2.48. The third kappa shape index (κ3) is 4.45. The molecule has 2 aliphatic rings. The molecule has 1 aromatic heterocycles. The molecule has 144 valence electrons. The Kier molecular flexibility index (Phi) is 6.32. The predicted molar refractivity (Wildman–Crippen MR) is 102 cm³/mol. The van der Waals surface area contributed by atoms with Gasteiger partial charge < -0.3 is 14.8 Å². The second-order valence-electron chi connectivity index (χ2n) is 7.14. The van der Waals surface area contributed by atoms with Gasteiger partial charge in [-0.15, -0.1) is 11.3 Å². The number of thiophene rings is 1. The van der Waals surface area contributed by atoms with E-state index < -0.39 is 0 Å². The van der Waals surface area contributed by atoms with E-state index in [4.69, 9.17) is 9.47 Å². The Morgan fingerprint density at radius 3 is 2.62 bits per heavy atom. The van der Waals surface area contributed by atoms with Gasteiger partial charge in [0.1, 0.15) is 5.00 Å². The first-order valence-corrected chi connectivity index (χ1v) is 10.3. The zero-order chi connectivity index (χ0) is 18.7. The van der Waals surface area contributed by atoms with Crippen LogP contribution in [0.4, 0.5) is 5.00 Å². The molecule has 2 atom stereocenters. The van der Waals surface area contributed by atoms with Crippen LogP contribution in [0.3, 0.4) is 0 Å². The standard InChI is InChI=1S/C19H28N2O4S/c1-4-24-19(23)17-14-7-5-6-8-15(14)26-18(17)20-16(22)11-21-9-12(2)25-13(3)10-21/h12-13H,4-11H2,1-3H3,(H,20,22)/t12-,13-/m1/s1. The molecule has 7 heteroatoms. The van der Waals surface area contributed by atoms with Crippen molar-refractivity contribution in [1.29, 1.82) is 0 Å². The maximum atomic E-state index is 12.6. The van der Waals surface area contributed by atoms with Crippen LogP contribution in [0.1, 0.15) is 54.4 Å². The van der Waals surface area contributed by atoms with E-state index in [1.54, 1.807) is 6.92 Å². The van der Waals surface area contributed by atoms with Crippen molar-refractivity contribution in [2.24, 2.45) is 0 Å². The lowest BCUT2D eigenvalue weighted by atomic mass is 9.95. The first kappa shape index (κ1) is 19.3. The number of hydrogen-bond acceptors (Lipinski definition) is 6. The smallest absolute Gasteiger partial charge is 0.341 e. The summed E-state index contributed by atoms with van der Waals surface area (Å²) in [6.07, 6.45) is 4.31. The summed E-state index contributed by atoms with van der Waals surface area (Å²) in [5.41, 5.74) is 1.65. The molecule has 1 aliphatic heterocycles. The maximum absolute atomic E-state index is 12.6. The summed E-state index contributed by atoms with van der Waals surface area (Å²) in [4.78, 5) is 28.4. The summed E-state index contributed by atoms with van der Waals surface area (Å²) in [6.45, 7) is 7.96. The first-order chi connectivity index (χ1) is 12.5. The number of carbonyl (C=O) groups is 2. The number of morpholine rings is 1. The van der Waals surface area contributed by atoms with E-state index in [0.29, 0.717) is 23.7 Å². The van der Waals surface area contributed by atoms with Crippen LogP contribution < -0.4 is 5.32 Å². The number of carbonyl (C=O) groups excluding carboxylic acids is 2. The van der Waals surface area contributed by atoms with Crippen molar-refractivity contribution in [1.82, 2.24) is 4.90 Å². The molecule has 1 aromatic rings. The zero-order valence-electron chi connectivity index (χ0n) is 15.8. The molecule has 1 fully saturated rings. The Hall–Kier alpha value is -1.44. The van der Waals surface area contributed by atoms with E-state index in [1.807, 2.05) is 13.8 Å². The van der Waals surface area contributed by atoms with Crippen molar-refractivity contribution in [3.05, 3.63) is 16.0 Å². The van der Waals surface area contributed by atoms with E-state index >= 15 is 0 Å². The molecule has 1 amide bonds. The first-order valence-electron chi connectivity index (χ1n) is 9.47. The van der Waals surface area contributed by atoms with Gasteiger partial charge in [-0.25, -0.2) is 4.79 Å². The van der Waals surface area contributed by atoms with Gasteiger partial charge in [0.25, 0.3) is 0 Å². The highest BCUT2D eigenvalue weighted by atomic mass is 32.1. The fraction of sp³-hybridized carbons (Fsp3) is 0.684. The molecule has 1 aliphatic carbocycles. The number of rotatable bonds is 5. The normalized spacial score (nSPS) is 23.3. The molecule has 2 heterocycles. The van der Waals surface area contributed by atoms with Gasteiger partial charge in [0.05, 0.1) is 30.9 Å². The number of amides is 1. The van der Waals surface area contributed by atoms with Crippen LogP contribution in [0.15, 0.2) is 0 Å². The van der Waals surface area contributed by atoms with Gasteiger partial charge in [0.15, 0.2) is 0 Å². The molecule has 3 rings (SSSR count). The summed E-state index contributed by atoms with van der Waals surface area (Å²) in [7, 11) is 0. The number of hydrogen-bond donors (Lipinski definition) is 1. The monoisotopic (exact) mass is 380 g/mol. The molecule has 0 saturated carbocycles. The van der Waals surface area contributed by atoms with Crippen molar-refractivity contribution in [2.75, 3.05) is 31.6 Å². The highest BCUT2D eigenvalue weighted by Gasteiger charge is 2.28. The van der Waals surface area contributed by atoms with Crippen molar-refractivity contribution >= 4 is 28.2 Å². The number of nitrogens with one attached hydrogen (secondary N) is 1. The van der Waals surface area contributed by atoms with Gasteiger partial charge in [-0.2, -0.15) is 0 Å². The van der Waals surface area contributed by atoms with Gasteiger partial charge >= 0.3 is 5.97 Å². The molecule has 1 saturated heterocycles. The number of nitrogens with zero attached hydrogens (tertiary/aromatic N) is 1. The molecule has 1 N–H and O–H groups in total. The third-order valence-electron chi connectivity index (χ3n) is 4.77. The third-order valence-corrected chi connectivity index (χ3v) is 5.97. The Morgan fingerprint density at radius 1 is 1.23 bits per heavy atom. The van der Waals surface area contributed by atoms with Gasteiger partial charge in [-0.1, -0.05) is 0 Å². The fourth-order valence-electron chi connectivity index (χ4n) is 3.86. The van der Waals surface area contributed by atoms with Crippen LogP contribution in [0.25, 0.3) is 0 Å². The number of anilines is 1. The summed E-state index contributed by atoms with van der Waals surface area (Å²) in [5, 5.41) is 3.63. The number of esters is 1. The summed E-state index contributed by atoms with van der Waals surface area (Å²) >= 11 is 1.53. The Bertz CT molecular complexity index is 663. The minimum absolute atomic E-state index is 0.0876. The molecule has 0 bridgehead atoms. The van der Waals surface area contributed by atoms with E-state index in [2.05, 4.69) is 10.2 Å². The molecule has 6 nitrogen and oxygen atoms in total. The van der Waals surface area contributed by atoms with Crippen LogP contribution in [0, 0.1) is 0 Å². The highest BCUT2D eigenvalue weighted by Crippen LogP contribution is 2.38. The molecule has 26 heavy (non-hydrogen) atoms. The van der Waals surface area contributed by atoms with Gasteiger partial charge in [0, 0.05) is 18.0 Å². The SMILES string of the molecule is CCOC(=O)c1c(NC(=O)CN2C[C@@H](C)O[C@H](C)C2)sc2c1CCCC2. The molecule has 0 radical (unpaired) electrons. The van der Waals surface area contributed by atoms with Crippen molar-refractivity contribution < 1.29 is 19.1 Å². The van der Waals surface area contributed by atoms with Crippen LogP contribution in [0.2, 0.25) is 0 Å². The summed E-state index contributed by atoms with van der Waals surface area (Å²) in [6, 6.07) is 0. The quantitative estimate of drug-likeness (QED) is 0.796. The van der Waals surface area contributed by atoms with Gasteiger partial charge in [0.2, 0.25) is 5.91 Å². The van der Waals surface area contributed by atoms with Gasteiger partial charge in [-0.05, 0) is 52.0 Å². The fourth-order valence-corrected chi connectivity index (χ4v) is 5.15. The lowest BCUT2D eigenvalue weighted by molar-refractivity contribution is -0.121. The van der Waals surface area contributed by atoms with Crippen molar-refractivity contribution in [3.8, 4) is 0 Å². The van der Waals surface area contributed by atoms with Crippen molar-refractivity contribution in [2.45, 2.75) is 58.7 Å². The minimum atomic E-state index is -0.323. The molecule has 0 unspecified atom stereocenters. The average Bonchev–Trinajstić information content (AvgIpc) is 2.91. The van der Waals surface area contributed by atoms with E-state index in [1.165, 1.54) is 16.2 Å². The molecular weight excluding hydrogens is 352 g/mol. The summed E-state index contributed by atoms with van der Waals surface area (Å²) in [5.74, 6) is -0.411. The Morgan fingerprint density at radius 2 is 1.92 bits per heavy atom. The van der Waals surface area contributed by atoms with Crippen LogP contribution in [0.5, 0.6) is 0 Å². The van der Waals surface area contributed by atoms with Crippen LogP contribution in [-0.4, -0.2) is 55.2 Å². The lowest BCUT2D eigenvalue weighted by Gasteiger charge is -2.34. The number of fused-ring (bicyclic) bond motifs is 1. The Balaban J connectivity index is 1.73. The largest absolute Gasteiger partial charge is 0.462 e. The topological polar surface area (TPSA) is 67.9 Å². The second kappa shape index (κ2) is 8.50. The highest BCUT2D eigenvalue weighted by molar-refractivity contribution is 7.17. The number of ether oxygens (including phenoxy) is 2.